The van der Waals surface area contributed by atoms with Gasteiger partial charge in [-0.2, -0.15) is 0 Å². The molecule has 0 aliphatic heterocycles. The zero-order valence-corrected chi connectivity index (χ0v) is 10.8. The van der Waals surface area contributed by atoms with Gasteiger partial charge in [-0.3, -0.25) is 4.79 Å². The van der Waals surface area contributed by atoms with Crippen LogP contribution in [-0.4, -0.2) is 33.7 Å². The van der Waals surface area contributed by atoms with Crippen molar-refractivity contribution in [2.45, 2.75) is 25.7 Å². The number of aryl methyl sites for hydroxylation is 1. The van der Waals surface area contributed by atoms with Gasteiger partial charge in [-0.1, -0.05) is 6.42 Å². The molecule has 1 saturated carbocycles. The standard InChI is InChI=1S/C13H21N3O2/c1-16-8-7-15-12(16)5-6-14-9-10-3-2-4-11(10)13(17)18/h7-8,10-11,14H,2-6,9H2,1H3,(H,17,18). The molecule has 18 heavy (non-hydrogen) atoms. The molecule has 0 radical (unpaired) electrons. The zero-order valence-electron chi connectivity index (χ0n) is 10.8. The molecule has 0 aromatic carbocycles. The molecule has 1 aliphatic rings. The van der Waals surface area contributed by atoms with Gasteiger partial charge in [-0.25, -0.2) is 4.98 Å². The predicted octanol–water partition coefficient (Wildman–Crippen LogP) is 1.05. The van der Waals surface area contributed by atoms with E-state index in [1.165, 1.54) is 0 Å². The van der Waals surface area contributed by atoms with Gasteiger partial charge >= 0.3 is 5.97 Å². The summed E-state index contributed by atoms with van der Waals surface area (Å²) in [5, 5.41) is 12.4. The molecule has 1 aromatic rings. The third-order valence-electron chi connectivity index (χ3n) is 3.83. The van der Waals surface area contributed by atoms with Gasteiger partial charge in [0.1, 0.15) is 5.82 Å². The third kappa shape index (κ3) is 3.10. The molecule has 1 aromatic heterocycles. The molecule has 0 amide bonds. The minimum Gasteiger partial charge on any atom is -0.481 e. The van der Waals surface area contributed by atoms with Gasteiger partial charge < -0.3 is 15.0 Å². The summed E-state index contributed by atoms with van der Waals surface area (Å²) in [4.78, 5) is 15.3. The Balaban J connectivity index is 1.69. The van der Waals surface area contributed by atoms with Gasteiger partial charge in [0.2, 0.25) is 0 Å². The van der Waals surface area contributed by atoms with E-state index < -0.39 is 5.97 Å². The molecule has 0 bridgehead atoms. The van der Waals surface area contributed by atoms with Crippen LogP contribution in [0.4, 0.5) is 0 Å². The summed E-state index contributed by atoms with van der Waals surface area (Å²) in [5.74, 6) is 0.571. The number of hydrogen-bond acceptors (Lipinski definition) is 3. The van der Waals surface area contributed by atoms with E-state index in [2.05, 4.69) is 10.3 Å². The van der Waals surface area contributed by atoms with Crippen molar-refractivity contribution in [3.05, 3.63) is 18.2 Å². The van der Waals surface area contributed by atoms with Gasteiger partial charge in [0.25, 0.3) is 0 Å². The lowest BCUT2D eigenvalue weighted by atomic mass is 9.96. The number of carboxylic acids is 1. The number of hydrogen-bond donors (Lipinski definition) is 2. The Morgan fingerprint density at radius 2 is 2.44 bits per heavy atom. The molecule has 1 aliphatic carbocycles. The topological polar surface area (TPSA) is 67.2 Å². The Morgan fingerprint density at radius 3 is 3.11 bits per heavy atom. The van der Waals surface area contributed by atoms with Crippen LogP contribution < -0.4 is 5.32 Å². The zero-order chi connectivity index (χ0) is 13.0. The molecule has 1 heterocycles. The van der Waals surface area contributed by atoms with Crippen LogP contribution in [0.2, 0.25) is 0 Å². The quantitative estimate of drug-likeness (QED) is 0.742. The average molecular weight is 251 g/mol. The predicted molar refractivity (Wildman–Crippen MR) is 68.2 cm³/mol. The Kier molecular flexibility index (Phi) is 4.36. The number of aliphatic carboxylic acids is 1. The van der Waals surface area contributed by atoms with E-state index in [1.807, 2.05) is 17.8 Å². The van der Waals surface area contributed by atoms with Crippen LogP contribution in [0, 0.1) is 11.8 Å². The Morgan fingerprint density at radius 1 is 1.61 bits per heavy atom. The van der Waals surface area contributed by atoms with Crippen molar-refractivity contribution in [1.82, 2.24) is 14.9 Å². The number of aromatic nitrogens is 2. The molecule has 100 valence electrons. The smallest absolute Gasteiger partial charge is 0.306 e. The van der Waals surface area contributed by atoms with Crippen molar-refractivity contribution in [3.8, 4) is 0 Å². The molecule has 2 N–H and O–H groups in total. The molecule has 0 spiro atoms. The number of carboxylic acid groups (broad SMARTS) is 1. The van der Waals surface area contributed by atoms with Crippen molar-refractivity contribution >= 4 is 5.97 Å². The van der Waals surface area contributed by atoms with Gasteiger partial charge in [0.05, 0.1) is 5.92 Å². The summed E-state index contributed by atoms with van der Waals surface area (Å²) in [6, 6.07) is 0. The molecule has 2 rings (SSSR count). The van der Waals surface area contributed by atoms with Crippen LogP contribution in [0.25, 0.3) is 0 Å². The molecule has 0 saturated heterocycles. The highest BCUT2D eigenvalue weighted by Gasteiger charge is 2.32. The number of carbonyl (C=O) groups is 1. The normalized spacial score (nSPS) is 23.4. The van der Waals surface area contributed by atoms with Crippen LogP contribution in [0.15, 0.2) is 12.4 Å². The second-order valence-corrected chi connectivity index (χ2v) is 5.04. The first-order valence-corrected chi connectivity index (χ1v) is 6.58. The van der Waals surface area contributed by atoms with E-state index in [1.54, 1.807) is 6.20 Å². The minimum atomic E-state index is -0.636. The van der Waals surface area contributed by atoms with Crippen molar-refractivity contribution in [1.29, 1.82) is 0 Å². The monoisotopic (exact) mass is 251 g/mol. The molecular formula is C13H21N3O2. The van der Waals surface area contributed by atoms with E-state index in [9.17, 15) is 4.79 Å². The summed E-state index contributed by atoms with van der Waals surface area (Å²) >= 11 is 0. The van der Waals surface area contributed by atoms with E-state index in [0.29, 0.717) is 5.92 Å². The van der Waals surface area contributed by atoms with Gasteiger partial charge in [-0.15, -0.1) is 0 Å². The summed E-state index contributed by atoms with van der Waals surface area (Å²) in [6.07, 6.45) is 7.53. The fraction of sp³-hybridized carbons (Fsp3) is 0.692. The lowest BCUT2D eigenvalue weighted by Gasteiger charge is -2.16. The second-order valence-electron chi connectivity index (χ2n) is 5.04. The first-order valence-electron chi connectivity index (χ1n) is 6.58. The van der Waals surface area contributed by atoms with Gasteiger partial charge in [0, 0.05) is 32.4 Å². The van der Waals surface area contributed by atoms with Crippen LogP contribution in [0.3, 0.4) is 0 Å². The summed E-state index contributed by atoms with van der Waals surface area (Å²) in [5.41, 5.74) is 0. The molecule has 1 fully saturated rings. The average Bonchev–Trinajstić information content (AvgIpc) is 2.94. The maximum atomic E-state index is 11.0. The van der Waals surface area contributed by atoms with Crippen molar-refractivity contribution in [2.75, 3.05) is 13.1 Å². The maximum absolute atomic E-state index is 11.0. The minimum absolute atomic E-state index is 0.148. The van der Waals surface area contributed by atoms with Crippen LogP contribution in [-0.2, 0) is 18.3 Å². The van der Waals surface area contributed by atoms with Crippen molar-refractivity contribution in [2.24, 2.45) is 18.9 Å². The first kappa shape index (κ1) is 13.1. The molecule has 5 heteroatoms. The lowest BCUT2D eigenvalue weighted by molar-refractivity contribution is -0.142. The summed E-state index contributed by atoms with van der Waals surface area (Å²) < 4.78 is 2.01. The van der Waals surface area contributed by atoms with Crippen LogP contribution in [0.1, 0.15) is 25.1 Å². The van der Waals surface area contributed by atoms with Gasteiger partial charge in [0.15, 0.2) is 0 Å². The molecular weight excluding hydrogens is 230 g/mol. The molecule has 5 nitrogen and oxygen atoms in total. The van der Waals surface area contributed by atoms with E-state index in [-0.39, 0.29) is 5.92 Å². The fourth-order valence-corrected chi connectivity index (χ4v) is 2.73. The van der Waals surface area contributed by atoms with E-state index in [0.717, 1.165) is 44.6 Å². The number of imidazole rings is 1. The Bertz CT molecular complexity index is 403. The lowest BCUT2D eigenvalue weighted by Crippen LogP contribution is -2.30. The highest BCUT2D eigenvalue weighted by atomic mass is 16.4. The molecule has 2 unspecified atom stereocenters. The number of nitrogens with zero attached hydrogens (tertiary/aromatic N) is 2. The van der Waals surface area contributed by atoms with Crippen molar-refractivity contribution < 1.29 is 9.90 Å². The Labute approximate surface area is 107 Å². The highest BCUT2D eigenvalue weighted by molar-refractivity contribution is 5.70. The fourth-order valence-electron chi connectivity index (χ4n) is 2.73. The highest BCUT2D eigenvalue weighted by Crippen LogP contribution is 2.31. The summed E-state index contributed by atoms with van der Waals surface area (Å²) in [7, 11) is 1.99. The number of rotatable bonds is 6. The van der Waals surface area contributed by atoms with Crippen LogP contribution >= 0.6 is 0 Å². The van der Waals surface area contributed by atoms with Gasteiger partial charge in [-0.05, 0) is 25.3 Å². The van der Waals surface area contributed by atoms with E-state index in [4.69, 9.17) is 5.11 Å². The molecule has 2 atom stereocenters. The van der Waals surface area contributed by atoms with E-state index >= 15 is 0 Å². The maximum Gasteiger partial charge on any atom is 0.306 e. The van der Waals surface area contributed by atoms with Crippen LogP contribution in [0.5, 0.6) is 0 Å². The SMILES string of the molecule is Cn1ccnc1CCNCC1CCCC1C(=O)O. The third-order valence-corrected chi connectivity index (χ3v) is 3.83. The first-order chi connectivity index (χ1) is 8.68. The largest absolute Gasteiger partial charge is 0.481 e. The second kappa shape index (κ2) is 6.00. The summed E-state index contributed by atoms with van der Waals surface area (Å²) in [6.45, 7) is 1.66. The van der Waals surface area contributed by atoms with Crippen molar-refractivity contribution in [3.63, 3.8) is 0 Å². The number of nitrogens with one attached hydrogen (secondary N) is 1. The Hall–Kier alpha value is -1.36.